The van der Waals surface area contributed by atoms with Gasteiger partial charge in [-0.15, -0.1) is 0 Å². The van der Waals surface area contributed by atoms with Gasteiger partial charge in [0.05, 0.1) is 6.10 Å². The molecule has 18 heavy (non-hydrogen) atoms. The summed E-state index contributed by atoms with van der Waals surface area (Å²) in [6.07, 6.45) is 6.02. The second-order valence-electron chi connectivity index (χ2n) is 6.61. The zero-order valence-electron chi connectivity index (χ0n) is 11.6. The van der Waals surface area contributed by atoms with Gasteiger partial charge in [-0.25, -0.2) is 0 Å². The molecule has 0 N–H and O–H groups in total. The fourth-order valence-electron chi connectivity index (χ4n) is 4.57. The van der Waals surface area contributed by atoms with Crippen LogP contribution in [-0.4, -0.2) is 36.1 Å². The van der Waals surface area contributed by atoms with E-state index in [4.69, 9.17) is 4.74 Å². The highest BCUT2D eigenvalue weighted by Gasteiger charge is 2.49. The maximum absolute atomic E-state index is 11.8. The third-order valence-corrected chi connectivity index (χ3v) is 5.19. The van der Waals surface area contributed by atoms with E-state index in [1.165, 1.54) is 38.8 Å². The third-order valence-electron chi connectivity index (χ3n) is 5.19. The number of carbonyl (C=O) groups is 1. The van der Waals surface area contributed by atoms with Gasteiger partial charge in [0.25, 0.3) is 0 Å². The Morgan fingerprint density at radius 2 is 1.94 bits per heavy atom. The summed E-state index contributed by atoms with van der Waals surface area (Å²) in [5.74, 6) is 2.40. The SMILES string of the molecule is CC(C)OC(=O)CC1CCC2C3CCN(CC3)C12. The molecule has 3 unspecified atom stereocenters. The smallest absolute Gasteiger partial charge is 0.306 e. The fourth-order valence-corrected chi connectivity index (χ4v) is 4.57. The average molecular weight is 251 g/mol. The molecule has 4 fully saturated rings. The lowest BCUT2D eigenvalue weighted by atomic mass is 9.73. The van der Waals surface area contributed by atoms with Crippen LogP contribution in [0.15, 0.2) is 0 Å². The van der Waals surface area contributed by atoms with Gasteiger partial charge in [-0.2, -0.15) is 0 Å². The standard InChI is InChI=1S/C15H25NO2/c1-10(2)18-14(17)9-12-3-4-13-11-5-7-16(8-6-11)15(12)13/h10-13,15H,3-9H2,1-2H3. The summed E-state index contributed by atoms with van der Waals surface area (Å²) in [6, 6.07) is 0.692. The first-order chi connectivity index (χ1) is 8.65. The summed E-state index contributed by atoms with van der Waals surface area (Å²) in [5, 5.41) is 0. The van der Waals surface area contributed by atoms with E-state index in [0.717, 1.165) is 11.8 Å². The largest absolute Gasteiger partial charge is 0.463 e. The topological polar surface area (TPSA) is 29.5 Å². The number of nitrogens with zero attached hydrogens (tertiary/aromatic N) is 1. The summed E-state index contributed by atoms with van der Waals surface area (Å²) in [7, 11) is 0. The lowest BCUT2D eigenvalue weighted by Gasteiger charge is -2.50. The van der Waals surface area contributed by atoms with Crippen molar-refractivity contribution in [1.82, 2.24) is 4.90 Å². The molecule has 3 aliphatic heterocycles. The Kier molecular flexibility index (Phi) is 3.35. The maximum Gasteiger partial charge on any atom is 0.306 e. The molecule has 3 heterocycles. The molecule has 0 radical (unpaired) electrons. The van der Waals surface area contributed by atoms with E-state index in [1.54, 1.807) is 0 Å². The Hall–Kier alpha value is -0.570. The van der Waals surface area contributed by atoms with Gasteiger partial charge in [-0.1, -0.05) is 0 Å². The van der Waals surface area contributed by atoms with Crippen molar-refractivity contribution in [1.29, 1.82) is 0 Å². The normalized spacial score (nSPS) is 42.1. The van der Waals surface area contributed by atoms with E-state index < -0.39 is 0 Å². The van der Waals surface area contributed by atoms with Gasteiger partial charge in [-0.3, -0.25) is 9.69 Å². The van der Waals surface area contributed by atoms with E-state index in [0.29, 0.717) is 18.4 Å². The molecule has 0 aromatic carbocycles. The first-order valence-electron chi connectivity index (χ1n) is 7.58. The van der Waals surface area contributed by atoms with Crippen LogP contribution < -0.4 is 0 Å². The quantitative estimate of drug-likeness (QED) is 0.722. The molecule has 0 spiro atoms. The summed E-state index contributed by atoms with van der Waals surface area (Å²) >= 11 is 0. The molecule has 1 aliphatic carbocycles. The van der Waals surface area contributed by atoms with E-state index in [-0.39, 0.29) is 12.1 Å². The van der Waals surface area contributed by atoms with E-state index in [2.05, 4.69) is 4.90 Å². The fraction of sp³-hybridized carbons (Fsp3) is 0.933. The molecule has 0 aromatic rings. The number of ether oxygens (including phenoxy) is 1. The monoisotopic (exact) mass is 251 g/mol. The Morgan fingerprint density at radius 1 is 1.22 bits per heavy atom. The van der Waals surface area contributed by atoms with Crippen LogP contribution in [-0.2, 0) is 9.53 Å². The van der Waals surface area contributed by atoms with Gasteiger partial charge in [0.15, 0.2) is 0 Å². The molecular weight excluding hydrogens is 226 g/mol. The number of piperidine rings is 3. The minimum atomic E-state index is 0.0123. The highest BCUT2D eigenvalue weighted by atomic mass is 16.5. The van der Waals surface area contributed by atoms with Crippen molar-refractivity contribution in [2.45, 2.75) is 58.1 Å². The second-order valence-corrected chi connectivity index (χ2v) is 6.61. The van der Waals surface area contributed by atoms with Crippen LogP contribution in [0.4, 0.5) is 0 Å². The van der Waals surface area contributed by atoms with E-state index >= 15 is 0 Å². The van der Waals surface area contributed by atoms with Gasteiger partial charge in [0, 0.05) is 12.5 Å². The molecule has 0 aromatic heterocycles. The van der Waals surface area contributed by atoms with Crippen LogP contribution >= 0.6 is 0 Å². The van der Waals surface area contributed by atoms with Crippen LogP contribution in [0, 0.1) is 17.8 Å². The lowest BCUT2D eigenvalue weighted by Crippen LogP contribution is -2.54. The number of fused-ring (bicyclic) bond motifs is 2. The lowest BCUT2D eigenvalue weighted by molar-refractivity contribution is -0.149. The molecule has 3 atom stereocenters. The number of rotatable bonds is 3. The van der Waals surface area contributed by atoms with Gasteiger partial charge in [0.2, 0.25) is 0 Å². The van der Waals surface area contributed by atoms with Crippen LogP contribution in [0.5, 0.6) is 0 Å². The van der Waals surface area contributed by atoms with Crippen molar-refractivity contribution in [3.8, 4) is 0 Å². The van der Waals surface area contributed by atoms with Crippen molar-refractivity contribution in [3.63, 3.8) is 0 Å². The summed E-state index contributed by atoms with van der Waals surface area (Å²) in [6.45, 7) is 6.39. The second kappa shape index (κ2) is 4.84. The van der Waals surface area contributed by atoms with Crippen molar-refractivity contribution >= 4 is 5.97 Å². The van der Waals surface area contributed by atoms with Crippen LogP contribution in [0.1, 0.15) is 46.0 Å². The maximum atomic E-state index is 11.8. The molecule has 102 valence electrons. The Labute approximate surface area is 110 Å². The molecular formula is C15H25NO2. The third kappa shape index (κ3) is 2.18. The number of hydrogen-bond donors (Lipinski definition) is 0. The zero-order valence-corrected chi connectivity index (χ0v) is 11.6. The zero-order chi connectivity index (χ0) is 12.7. The minimum Gasteiger partial charge on any atom is -0.463 e. The average Bonchev–Trinajstić information content (AvgIpc) is 2.75. The number of hydrogen-bond acceptors (Lipinski definition) is 3. The Morgan fingerprint density at radius 3 is 2.61 bits per heavy atom. The molecule has 3 heteroatoms. The predicted octanol–water partition coefficient (Wildman–Crippen LogP) is 2.45. The van der Waals surface area contributed by atoms with Gasteiger partial charge in [-0.05, 0) is 70.4 Å². The first kappa shape index (κ1) is 12.5. The Balaban J connectivity index is 1.63. The van der Waals surface area contributed by atoms with Crippen molar-refractivity contribution < 1.29 is 9.53 Å². The molecule has 2 bridgehead atoms. The first-order valence-corrected chi connectivity index (χ1v) is 7.58. The van der Waals surface area contributed by atoms with Crippen LogP contribution in [0.2, 0.25) is 0 Å². The molecule has 0 amide bonds. The van der Waals surface area contributed by atoms with Gasteiger partial charge < -0.3 is 4.74 Å². The van der Waals surface area contributed by atoms with Gasteiger partial charge in [0.1, 0.15) is 0 Å². The van der Waals surface area contributed by atoms with Crippen LogP contribution in [0.3, 0.4) is 0 Å². The molecule has 4 aliphatic rings. The van der Waals surface area contributed by atoms with Crippen molar-refractivity contribution in [3.05, 3.63) is 0 Å². The number of esters is 1. The summed E-state index contributed by atoms with van der Waals surface area (Å²) in [5.41, 5.74) is 0. The van der Waals surface area contributed by atoms with E-state index in [1.807, 2.05) is 13.8 Å². The highest BCUT2D eigenvalue weighted by Crippen LogP contribution is 2.49. The molecule has 3 saturated heterocycles. The van der Waals surface area contributed by atoms with Crippen LogP contribution in [0.25, 0.3) is 0 Å². The minimum absolute atomic E-state index is 0.0123. The van der Waals surface area contributed by atoms with Gasteiger partial charge >= 0.3 is 5.97 Å². The van der Waals surface area contributed by atoms with Crippen molar-refractivity contribution in [2.24, 2.45) is 17.8 Å². The Bertz CT molecular complexity index is 320. The molecule has 3 nitrogen and oxygen atoms in total. The number of carbonyl (C=O) groups excluding carboxylic acids is 1. The predicted molar refractivity (Wildman–Crippen MR) is 70.1 cm³/mol. The van der Waals surface area contributed by atoms with E-state index in [9.17, 15) is 4.79 Å². The highest BCUT2D eigenvalue weighted by molar-refractivity contribution is 5.70. The summed E-state index contributed by atoms with van der Waals surface area (Å²) in [4.78, 5) is 14.5. The molecule has 4 rings (SSSR count). The summed E-state index contributed by atoms with van der Waals surface area (Å²) < 4.78 is 5.31. The molecule has 1 saturated carbocycles. The van der Waals surface area contributed by atoms with Crippen molar-refractivity contribution in [2.75, 3.05) is 13.1 Å².